The molecule has 6 amide bonds. The van der Waals surface area contributed by atoms with Crippen molar-refractivity contribution in [2.45, 2.75) is 128 Å². The molecule has 1 fully saturated rings. The Bertz CT molecular complexity index is 1920. The van der Waals surface area contributed by atoms with E-state index in [1.54, 1.807) is 40.8 Å². The van der Waals surface area contributed by atoms with Crippen LogP contribution in [0.3, 0.4) is 0 Å². The summed E-state index contributed by atoms with van der Waals surface area (Å²) in [4.78, 5) is 82.9. The normalized spacial score (nSPS) is 15.2. The number of nitrogens with one attached hydrogen (secondary N) is 5. The number of hydrogen-bond donors (Lipinski definition) is 6. The third kappa shape index (κ3) is 15.4. The van der Waals surface area contributed by atoms with Crippen LogP contribution in [0.5, 0.6) is 0 Å². The molecular formula is C47H72N8O7S. The van der Waals surface area contributed by atoms with Crippen LogP contribution in [0.2, 0.25) is 0 Å². The third-order valence-electron chi connectivity index (χ3n) is 11.1. The fraction of sp³-hybridized carbons (Fsp3) is 0.574. The molecule has 0 aliphatic heterocycles. The van der Waals surface area contributed by atoms with Crippen molar-refractivity contribution in [3.63, 3.8) is 0 Å². The second kappa shape index (κ2) is 22.6. The number of carbonyl (C=O) groups is 6. The molecule has 1 aliphatic carbocycles. The van der Waals surface area contributed by atoms with Crippen LogP contribution >= 0.6 is 11.9 Å². The zero-order valence-corrected chi connectivity index (χ0v) is 40.2. The number of ether oxygens (including phenoxy) is 1. The van der Waals surface area contributed by atoms with Crippen LogP contribution in [-0.4, -0.2) is 110 Å². The molecule has 3 rings (SSSR count). The molecule has 0 bridgehead atoms. The van der Waals surface area contributed by atoms with Gasteiger partial charge in [0.05, 0.1) is 12.1 Å². The van der Waals surface area contributed by atoms with Gasteiger partial charge >= 0.3 is 6.09 Å². The molecule has 3 atom stereocenters. The van der Waals surface area contributed by atoms with Gasteiger partial charge in [-0.05, 0) is 101 Å². The van der Waals surface area contributed by atoms with E-state index in [9.17, 15) is 28.8 Å². The Morgan fingerprint density at radius 2 is 1.51 bits per heavy atom. The predicted octanol–water partition coefficient (Wildman–Crippen LogP) is 4.65. The quantitative estimate of drug-likeness (QED) is 0.0582. The minimum absolute atomic E-state index is 0.109. The topological polar surface area (TPSA) is 204 Å². The maximum atomic E-state index is 14.4. The van der Waals surface area contributed by atoms with Crippen LogP contribution in [0.25, 0.3) is 0 Å². The predicted molar refractivity (Wildman–Crippen MR) is 249 cm³/mol. The van der Waals surface area contributed by atoms with E-state index in [0.717, 1.165) is 42.5 Å². The molecule has 0 aromatic heterocycles. The zero-order chi connectivity index (χ0) is 47.3. The molecule has 0 saturated heterocycles. The minimum Gasteiger partial charge on any atom is -0.444 e. The smallest absolute Gasteiger partial charge is 0.410 e. The summed E-state index contributed by atoms with van der Waals surface area (Å²) >= 11 is 1.24. The average molecular weight is 893 g/mol. The van der Waals surface area contributed by atoms with Crippen molar-refractivity contribution in [2.75, 3.05) is 40.8 Å². The van der Waals surface area contributed by atoms with Gasteiger partial charge in [-0.1, -0.05) is 95.3 Å². The van der Waals surface area contributed by atoms with E-state index in [4.69, 9.17) is 10.5 Å². The molecule has 15 nitrogen and oxygen atoms in total. The maximum absolute atomic E-state index is 14.4. The summed E-state index contributed by atoms with van der Waals surface area (Å²) in [6.45, 7) is 16.9. The average Bonchev–Trinajstić information content (AvgIpc) is 4.00. The number of nitrogens with two attached hydrogens (primary N) is 1. The van der Waals surface area contributed by atoms with Gasteiger partial charge in [0.2, 0.25) is 23.6 Å². The first-order valence-electron chi connectivity index (χ1n) is 21.6. The Kier molecular flexibility index (Phi) is 18.8. The van der Waals surface area contributed by atoms with Gasteiger partial charge in [0, 0.05) is 37.4 Å². The second-order valence-corrected chi connectivity index (χ2v) is 19.8. The van der Waals surface area contributed by atoms with Crippen molar-refractivity contribution in [1.82, 2.24) is 35.8 Å². The molecule has 1 aliphatic rings. The number of amides is 6. The number of rotatable bonds is 21. The van der Waals surface area contributed by atoms with Crippen LogP contribution in [0.15, 0.2) is 66.2 Å². The molecule has 0 radical (unpaired) electrons. The van der Waals surface area contributed by atoms with Crippen molar-refractivity contribution in [2.24, 2.45) is 11.1 Å². The molecule has 7 N–H and O–H groups in total. The molecule has 63 heavy (non-hydrogen) atoms. The van der Waals surface area contributed by atoms with E-state index in [2.05, 4.69) is 26.0 Å². The van der Waals surface area contributed by atoms with Gasteiger partial charge in [0.1, 0.15) is 23.7 Å². The molecule has 1 saturated carbocycles. The first kappa shape index (κ1) is 52.4. The molecular weight excluding hydrogens is 821 g/mol. The van der Waals surface area contributed by atoms with Crippen LogP contribution in [0, 0.1) is 5.41 Å². The highest BCUT2D eigenvalue weighted by Gasteiger charge is 2.47. The fourth-order valence-electron chi connectivity index (χ4n) is 7.12. The van der Waals surface area contributed by atoms with E-state index in [1.165, 1.54) is 28.8 Å². The molecule has 348 valence electrons. The van der Waals surface area contributed by atoms with E-state index in [-0.39, 0.29) is 36.7 Å². The van der Waals surface area contributed by atoms with Crippen molar-refractivity contribution in [3.8, 4) is 0 Å². The van der Waals surface area contributed by atoms with Gasteiger partial charge < -0.3 is 36.6 Å². The number of carbonyl (C=O) groups excluding carboxylic acids is 6. The third-order valence-corrected chi connectivity index (χ3v) is 11.9. The first-order chi connectivity index (χ1) is 29.4. The van der Waals surface area contributed by atoms with Gasteiger partial charge in [-0.3, -0.25) is 33.6 Å². The Hall–Kier alpha value is -4.93. The summed E-state index contributed by atoms with van der Waals surface area (Å²) in [7, 11) is 4.98. The standard InChI is InChI=1S/C47H72N8O7S/c1-31(39(57)53-63-30-32-20-22-34(23-21-32)47(25-26-47)52-40(58)35(19-16-27-49-10)50-36(56)29-48)24-28-54(11)42(60)37(44(2,3)4)51-41(59)38(55(12)43(61)62-45(5,6)7)46(8,9)33-17-14-13-15-18-33/h13-15,17-18,20-24,35,37-38,49H,16,19,25-30,48H2,1-12H3,(H,50,56)(H,51,59)(H,52,58)(H,53,57)/b31-24+. The number of hydrogen-bond acceptors (Lipinski definition) is 10. The number of likely N-dealkylation sites (N-methyl/N-ethyl adjacent to an activating group) is 2. The lowest BCUT2D eigenvalue weighted by molar-refractivity contribution is -0.140. The van der Waals surface area contributed by atoms with Crippen molar-refractivity contribution >= 4 is 47.6 Å². The van der Waals surface area contributed by atoms with Crippen LogP contribution < -0.4 is 31.7 Å². The minimum atomic E-state index is -1.05. The lowest BCUT2D eigenvalue weighted by Gasteiger charge is -2.42. The highest BCUT2D eigenvalue weighted by atomic mass is 32.2. The second-order valence-electron chi connectivity index (χ2n) is 19.1. The summed E-state index contributed by atoms with van der Waals surface area (Å²) < 4.78 is 8.53. The highest BCUT2D eigenvalue weighted by Crippen LogP contribution is 2.45. The van der Waals surface area contributed by atoms with Crippen molar-refractivity contribution in [3.05, 3.63) is 82.9 Å². The highest BCUT2D eigenvalue weighted by molar-refractivity contribution is 7.97. The summed E-state index contributed by atoms with van der Waals surface area (Å²) in [6, 6.07) is 14.6. The number of nitrogens with zero attached hydrogens (tertiary/aromatic N) is 2. The molecule has 3 unspecified atom stereocenters. The summed E-state index contributed by atoms with van der Waals surface area (Å²) in [5, 5.41) is 12.0. The van der Waals surface area contributed by atoms with Crippen LogP contribution in [0.4, 0.5) is 4.79 Å². The summed E-state index contributed by atoms with van der Waals surface area (Å²) in [5.41, 5.74) is 5.79. The monoisotopic (exact) mass is 893 g/mol. The maximum Gasteiger partial charge on any atom is 0.410 e. The Morgan fingerprint density at radius 3 is 2.05 bits per heavy atom. The molecule has 16 heteroatoms. The lowest BCUT2D eigenvalue weighted by Crippen LogP contribution is -2.62. The van der Waals surface area contributed by atoms with Crippen LogP contribution in [-0.2, 0) is 45.4 Å². The molecule has 0 heterocycles. The van der Waals surface area contributed by atoms with Gasteiger partial charge in [0.25, 0.3) is 5.91 Å². The lowest BCUT2D eigenvalue weighted by atomic mass is 9.76. The first-order valence-corrected chi connectivity index (χ1v) is 22.6. The summed E-state index contributed by atoms with van der Waals surface area (Å²) in [5.74, 6) is -1.29. The Labute approximate surface area is 379 Å². The van der Waals surface area contributed by atoms with Gasteiger partial charge in [-0.25, -0.2) is 4.79 Å². The largest absolute Gasteiger partial charge is 0.444 e. The van der Waals surface area contributed by atoms with E-state index >= 15 is 0 Å². The zero-order valence-electron chi connectivity index (χ0n) is 39.4. The van der Waals surface area contributed by atoms with Crippen molar-refractivity contribution < 1.29 is 33.5 Å². The molecule has 0 spiro atoms. The molecule has 2 aromatic rings. The van der Waals surface area contributed by atoms with Gasteiger partial charge in [-0.2, -0.15) is 0 Å². The van der Waals surface area contributed by atoms with Crippen LogP contribution in [0.1, 0.15) is 105 Å². The Morgan fingerprint density at radius 1 is 0.889 bits per heavy atom. The fourth-order valence-corrected chi connectivity index (χ4v) is 7.85. The SMILES string of the molecule is CNCCCC(NC(=O)CN)C(=O)NC1(c2ccc(CSNC(=O)/C(C)=C/CN(C)C(=O)C(NC(=O)C(N(C)C(=O)OC(C)(C)C)C(C)(C)c3ccccc3)C(C)(C)C)cc2)CC1. The van der Waals surface area contributed by atoms with Crippen molar-refractivity contribution in [1.29, 1.82) is 0 Å². The van der Waals surface area contributed by atoms with Gasteiger partial charge in [0.15, 0.2) is 0 Å². The molecule has 2 aromatic carbocycles. The summed E-state index contributed by atoms with van der Waals surface area (Å²) in [6.07, 6.45) is 3.78. The Balaban J connectivity index is 1.63. The van der Waals surface area contributed by atoms with E-state index < -0.39 is 52.1 Å². The number of benzene rings is 2. The van der Waals surface area contributed by atoms with E-state index in [1.807, 2.05) is 96.3 Å². The van der Waals surface area contributed by atoms with E-state index in [0.29, 0.717) is 17.7 Å². The van der Waals surface area contributed by atoms with Gasteiger partial charge in [-0.15, -0.1) is 0 Å².